The van der Waals surface area contributed by atoms with Crippen molar-refractivity contribution in [3.05, 3.63) is 83.2 Å². The van der Waals surface area contributed by atoms with Gasteiger partial charge in [-0.05, 0) is 65.2 Å². The number of ether oxygens (including phenoxy) is 1. The average Bonchev–Trinajstić information content (AvgIpc) is 3.48. The second-order valence-electron chi connectivity index (χ2n) is 9.51. The molecule has 0 unspecified atom stereocenters. The van der Waals surface area contributed by atoms with Crippen molar-refractivity contribution in [2.75, 3.05) is 23.4 Å². The minimum absolute atomic E-state index is 0.0309. The lowest BCUT2D eigenvalue weighted by Crippen LogP contribution is -2.40. The summed E-state index contributed by atoms with van der Waals surface area (Å²) in [7, 11) is 1.80. The molecule has 3 heterocycles. The van der Waals surface area contributed by atoms with Crippen LogP contribution in [0.3, 0.4) is 0 Å². The molecule has 0 bridgehead atoms. The van der Waals surface area contributed by atoms with Crippen LogP contribution < -0.4 is 10.2 Å². The van der Waals surface area contributed by atoms with E-state index in [0.717, 1.165) is 6.07 Å². The van der Waals surface area contributed by atoms with Crippen molar-refractivity contribution in [3.63, 3.8) is 0 Å². The Hall–Kier alpha value is -4.69. The topological polar surface area (TPSA) is 96.1 Å². The predicted molar refractivity (Wildman–Crippen MR) is 137 cm³/mol. The number of nitriles is 1. The fraction of sp³-hybridized carbons (Fsp3) is 0.214. The van der Waals surface area contributed by atoms with E-state index in [4.69, 9.17) is 4.74 Å². The molecule has 4 aromatic rings. The van der Waals surface area contributed by atoms with Gasteiger partial charge in [-0.3, -0.25) is 4.79 Å². The Morgan fingerprint density at radius 1 is 1.08 bits per heavy atom. The molecular weight excluding hydrogens is 509 g/mol. The van der Waals surface area contributed by atoms with Gasteiger partial charge in [0.25, 0.3) is 5.91 Å². The molecule has 0 spiro atoms. The SMILES string of the molecule is Cn1cnnc1-c1ccc(C#N)cc1-c1cc(NC2COC2)cc(N2Cc3c(cccc3C(F)(F)F)C2=O)c1. The highest BCUT2D eigenvalue weighted by atomic mass is 19.4. The van der Waals surface area contributed by atoms with Gasteiger partial charge in [-0.25, -0.2) is 0 Å². The van der Waals surface area contributed by atoms with Gasteiger partial charge in [0.05, 0.1) is 43.0 Å². The van der Waals surface area contributed by atoms with Crippen LogP contribution in [-0.4, -0.2) is 39.9 Å². The van der Waals surface area contributed by atoms with E-state index in [9.17, 15) is 23.2 Å². The highest BCUT2D eigenvalue weighted by Crippen LogP contribution is 2.41. The smallest absolute Gasteiger partial charge is 0.378 e. The summed E-state index contributed by atoms with van der Waals surface area (Å²) < 4.78 is 48.2. The molecule has 11 heteroatoms. The minimum atomic E-state index is -4.58. The first-order valence-electron chi connectivity index (χ1n) is 12.1. The van der Waals surface area contributed by atoms with Gasteiger partial charge in [-0.2, -0.15) is 18.4 Å². The zero-order valence-corrected chi connectivity index (χ0v) is 20.7. The van der Waals surface area contributed by atoms with Gasteiger partial charge in [-0.15, -0.1) is 10.2 Å². The van der Waals surface area contributed by atoms with Crippen LogP contribution in [0.15, 0.2) is 60.9 Å². The lowest BCUT2D eigenvalue weighted by Gasteiger charge is -2.29. The number of hydrogen-bond donors (Lipinski definition) is 1. The van der Waals surface area contributed by atoms with Gasteiger partial charge < -0.3 is 19.5 Å². The first-order chi connectivity index (χ1) is 18.7. The summed E-state index contributed by atoms with van der Waals surface area (Å²) in [6.45, 7) is 0.807. The molecule has 6 rings (SSSR count). The van der Waals surface area contributed by atoms with Gasteiger partial charge >= 0.3 is 6.18 Å². The molecule has 1 saturated heterocycles. The van der Waals surface area contributed by atoms with E-state index >= 15 is 0 Å². The number of hydrogen-bond acceptors (Lipinski definition) is 6. The summed E-state index contributed by atoms with van der Waals surface area (Å²) in [5, 5.41) is 21.2. The van der Waals surface area contributed by atoms with Crippen LogP contribution in [-0.2, 0) is 24.5 Å². The van der Waals surface area contributed by atoms with Crippen LogP contribution in [0.4, 0.5) is 24.5 Å². The molecule has 2 aliphatic rings. The van der Waals surface area contributed by atoms with Crippen molar-refractivity contribution in [3.8, 4) is 28.6 Å². The zero-order chi connectivity index (χ0) is 27.3. The van der Waals surface area contributed by atoms with E-state index in [1.807, 2.05) is 6.07 Å². The fourth-order valence-corrected chi connectivity index (χ4v) is 4.94. The third-order valence-corrected chi connectivity index (χ3v) is 6.92. The summed E-state index contributed by atoms with van der Waals surface area (Å²) >= 11 is 0. The quantitative estimate of drug-likeness (QED) is 0.390. The van der Waals surface area contributed by atoms with Crippen LogP contribution in [0.1, 0.15) is 27.0 Å². The maximum atomic E-state index is 13.7. The van der Waals surface area contributed by atoms with Gasteiger partial charge in [-0.1, -0.05) is 6.07 Å². The Labute approximate surface area is 221 Å². The number of anilines is 2. The number of halogens is 3. The number of aromatic nitrogens is 3. The average molecular weight is 531 g/mol. The van der Waals surface area contributed by atoms with Crippen LogP contribution in [0.25, 0.3) is 22.5 Å². The second-order valence-corrected chi connectivity index (χ2v) is 9.51. The van der Waals surface area contributed by atoms with E-state index in [0.29, 0.717) is 52.7 Å². The zero-order valence-electron chi connectivity index (χ0n) is 20.7. The number of rotatable bonds is 5. The minimum Gasteiger partial charge on any atom is -0.378 e. The molecule has 1 fully saturated rings. The number of benzene rings is 3. The van der Waals surface area contributed by atoms with E-state index in [1.54, 1.807) is 48.3 Å². The highest BCUT2D eigenvalue weighted by molar-refractivity contribution is 6.11. The van der Waals surface area contributed by atoms with Crippen molar-refractivity contribution in [1.29, 1.82) is 5.26 Å². The second kappa shape index (κ2) is 9.25. The number of alkyl halides is 3. The number of aryl methyl sites for hydroxylation is 1. The predicted octanol–water partition coefficient (Wildman–Crippen LogP) is 5.01. The first kappa shape index (κ1) is 24.6. The molecule has 39 heavy (non-hydrogen) atoms. The summed E-state index contributed by atoms with van der Waals surface area (Å²) in [6.07, 6.45) is -3.02. The lowest BCUT2D eigenvalue weighted by atomic mass is 9.95. The Morgan fingerprint density at radius 3 is 2.56 bits per heavy atom. The molecule has 1 N–H and O–H groups in total. The van der Waals surface area contributed by atoms with Gasteiger partial charge in [0.1, 0.15) is 6.33 Å². The normalized spacial score (nSPS) is 15.2. The summed E-state index contributed by atoms with van der Waals surface area (Å²) in [4.78, 5) is 14.7. The molecular formula is C28H21F3N6O2. The van der Waals surface area contributed by atoms with E-state index in [2.05, 4.69) is 21.6 Å². The van der Waals surface area contributed by atoms with Gasteiger partial charge in [0, 0.05) is 29.5 Å². The van der Waals surface area contributed by atoms with Crippen molar-refractivity contribution in [1.82, 2.24) is 14.8 Å². The number of carbonyl (C=O) groups is 1. The molecule has 1 aromatic heterocycles. The van der Waals surface area contributed by atoms with Crippen molar-refractivity contribution >= 4 is 17.3 Å². The first-order valence-corrected chi connectivity index (χ1v) is 12.1. The van der Waals surface area contributed by atoms with E-state index < -0.39 is 17.6 Å². The van der Waals surface area contributed by atoms with Crippen LogP contribution in [0, 0.1) is 11.3 Å². The number of amides is 1. The fourth-order valence-electron chi connectivity index (χ4n) is 4.94. The highest BCUT2D eigenvalue weighted by Gasteiger charge is 2.40. The van der Waals surface area contributed by atoms with Gasteiger partial charge in [0.2, 0.25) is 0 Å². The third-order valence-electron chi connectivity index (χ3n) is 6.92. The summed E-state index contributed by atoms with van der Waals surface area (Å²) in [6, 6.07) is 16.4. The molecule has 0 aliphatic carbocycles. The molecule has 0 atom stereocenters. The molecule has 0 radical (unpaired) electrons. The number of carbonyl (C=O) groups excluding carboxylic acids is 1. The number of nitrogens with one attached hydrogen (secondary N) is 1. The Balaban J connectivity index is 1.50. The number of fused-ring (bicyclic) bond motifs is 1. The molecule has 0 saturated carbocycles. The Kier molecular flexibility index (Phi) is 5.84. The van der Waals surface area contributed by atoms with E-state index in [-0.39, 0.29) is 23.7 Å². The van der Waals surface area contributed by atoms with Crippen molar-refractivity contribution in [2.45, 2.75) is 18.8 Å². The molecule has 1 amide bonds. The Morgan fingerprint density at radius 2 is 1.90 bits per heavy atom. The monoisotopic (exact) mass is 530 g/mol. The molecule has 3 aromatic carbocycles. The van der Waals surface area contributed by atoms with Crippen molar-refractivity contribution < 1.29 is 22.7 Å². The van der Waals surface area contributed by atoms with Crippen molar-refractivity contribution in [2.24, 2.45) is 7.05 Å². The molecule has 2 aliphatic heterocycles. The van der Waals surface area contributed by atoms with Crippen LogP contribution in [0.2, 0.25) is 0 Å². The Bertz CT molecular complexity index is 1650. The maximum absolute atomic E-state index is 13.7. The molecule has 196 valence electrons. The summed E-state index contributed by atoms with van der Waals surface area (Å²) in [5.41, 5.74) is 2.71. The maximum Gasteiger partial charge on any atom is 0.416 e. The van der Waals surface area contributed by atoms with Gasteiger partial charge in [0.15, 0.2) is 5.82 Å². The lowest BCUT2D eigenvalue weighted by molar-refractivity contribution is -0.138. The van der Waals surface area contributed by atoms with E-state index in [1.165, 1.54) is 17.0 Å². The summed E-state index contributed by atoms with van der Waals surface area (Å²) in [5.74, 6) is 0.0618. The van der Waals surface area contributed by atoms with Crippen LogP contribution in [0.5, 0.6) is 0 Å². The standard InChI is InChI=1S/C28H21F3N6O2/c1-36-15-33-35-26(36)21-6-5-16(11-32)7-23(21)17-8-18(34-19-13-39-14-19)10-20(9-17)37-12-24-22(27(37)38)3-2-4-25(24)28(29,30)31/h2-10,15,19,34H,12-14H2,1H3. The van der Waals surface area contributed by atoms with Crippen LogP contribution >= 0.6 is 0 Å². The molecule has 8 nitrogen and oxygen atoms in total. The third kappa shape index (κ3) is 4.38. The largest absolute Gasteiger partial charge is 0.416 e. The number of nitrogens with zero attached hydrogens (tertiary/aromatic N) is 5.